The average molecular weight is 294 g/mol. The van der Waals surface area contributed by atoms with Gasteiger partial charge in [0.15, 0.2) is 0 Å². The number of allylic oxidation sites excluding steroid dienone is 1. The van der Waals surface area contributed by atoms with Crippen molar-refractivity contribution in [1.29, 1.82) is 5.26 Å². The Morgan fingerprint density at radius 3 is 2.73 bits per heavy atom. The van der Waals surface area contributed by atoms with Crippen LogP contribution < -0.4 is 15.2 Å². The van der Waals surface area contributed by atoms with Crippen molar-refractivity contribution in [3.8, 4) is 23.3 Å². The Hall–Kier alpha value is -3.13. The van der Waals surface area contributed by atoms with Crippen molar-refractivity contribution in [3.05, 3.63) is 65.0 Å². The van der Waals surface area contributed by atoms with Gasteiger partial charge in [0.2, 0.25) is 5.88 Å². The number of ether oxygens (including phenoxy) is 2. The van der Waals surface area contributed by atoms with E-state index in [9.17, 15) is 10.4 Å². The maximum Gasteiger partial charge on any atom is 0.205 e. The normalized spacial score (nSPS) is 16.5. The summed E-state index contributed by atoms with van der Waals surface area (Å²) < 4.78 is 10.9. The second-order valence-electron chi connectivity index (χ2n) is 4.89. The molecule has 0 aliphatic carbocycles. The first-order chi connectivity index (χ1) is 10.7. The SMILES string of the molecule is COc1ccccc1[C@H]1C(C#N)=C(N)Oc2cc(O)ccc21. The van der Waals surface area contributed by atoms with Gasteiger partial charge in [-0.15, -0.1) is 0 Å². The van der Waals surface area contributed by atoms with Gasteiger partial charge in [-0.1, -0.05) is 24.3 Å². The van der Waals surface area contributed by atoms with Crippen molar-refractivity contribution < 1.29 is 14.6 Å². The van der Waals surface area contributed by atoms with E-state index in [-0.39, 0.29) is 11.6 Å². The molecule has 1 aliphatic rings. The zero-order valence-corrected chi connectivity index (χ0v) is 11.9. The van der Waals surface area contributed by atoms with Crippen LogP contribution in [0.25, 0.3) is 0 Å². The minimum absolute atomic E-state index is 0.0384. The summed E-state index contributed by atoms with van der Waals surface area (Å²) in [6, 6.07) is 14.3. The molecule has 1 atom stereocenters. The third-order valence-electron chi connectivity index (χ3n) is 3.65. The number of para-hydroxylation sites is 1. The minimum Gasteiger partial charge on any atom is -0.508 e. The van der Waals surface area contributed by atoms with E-state index in [1.54, 1.807) is 19.2 Å². The number of benzene rings is 2. The van der Waals surface area contributed by atoms with Crippen LogP contribution in [-0.4, -0.2) is 12.2 Å². The summed E-state index contributed by atoms with van der Waals surface area (Å²) in [5, 5.41) is 19.1. The van der Waals surface area contributed by atoms with Gasteiger partial charge >= 0.3 is 0 Å². The molecule has 0 saturated carbocycles. The van der Waals surface area contributed by atoms with Crippen LogP contribution >= 0.6 is 0 Å². The third-order valence-corrected chi connectivity index (χ3v) is 3.65. The van der Waals surface area contributed by atoms with Crippen molar-refractivity contribution in [2.45, 2.75) is 5.92 Å². The average Bonchev–Trinajstić information content (AvgIpc) is 2.53. The standard InChI is InChI=1S/C17H14N2O3/c1-21-14-5-3-2-4-11(14)16-12-7-6-10(20)8-15(12)22-17(19)13(16)9-18/h2-8,16,20H,19H2,1H3/t16-/m1/s1. The first-order valence-corrected chi connectivity index (χ1v) is 6.69. The fourth-order valence-corrected chi connectivity index (χ4v) is 2.67. The summed E-state index contributed by atoms with van der Waals surface area (Å²) >= 11 is 0. The highest BCUT2D eigenvalue weighted by atomic mass is 16.5. The van der Waals surface area contributed by atoms with E-state index < -0.39 is 5.92 Å². The number of methoxy groups -OCH3 is 1. The molecule has 0 bridgehead atoms. The van der Waals surface area contributed by atoms with Crippen LogP contribution in [0.15, 0.2) is 53.9 Å². The maximum absolute atomic E-state index is 9.63. The van der Waals surface area contributed by atoms with Crippen LogP contribution in [0.1, 0.15) is 17.0 Å². The highest BCUT2D eigenvalue weighted by molar-refractivity contribution is 5.59. The summed E-state index contributed by atoms with van der Waals surface area (Å²) in [7, 11) is 1.58. The molecule has 110 valence electrons. The fraction of sp³-hybridized carbons (Fsp3) is 0.118. The van der Waals surface area contributed by atoms with Gasteiger partial charge in [0.05, 0.1) is 13.0 Å². The molecular weight excluding hydrogens is 280 g/mol. The van der Waals surface area contributed by atoms with Gasteiger partial charge in [-0.25, -0.2) is 0 Å². The molecule has 3 rings (SSSR count). The summed E-state index contributed by atoms with van der Waals surface area (Å²) in [5.74, 6) is 0.814. The number of hydrogen-bond acceptors (Lipinski definition) is 5. The van der Waals surface area contributed by atoms with E-state index in [1.165, 1.54) is 6.07 Å². The second-order valence-corrected chi connectivity index (χ2v) is 4.89. The van der Waals surface area contributed by atoms with Crippen LogP contribution in [0.2, 0.25) is 0 Å². The van der Waals surface area contributed by atoms with Gasteiger partial charge in [-0.3, -0.25) is 0 Å². The topological polar surface area (TPSA) is 88.5 Å². The Kier molecular flexibility index (Phi) is 3.36. The summed E-state index contributed by atoms with van der Waals surface area (Å²) in [6.07, 6.45) is 0. The van der Waals surface area contributed by atoms with Crippen molar-refractivity contribution in [3.63, 3.8) is 0 Å². The van der Waals surface area contributed by atoms with Gasteiger partial charge in [0.25, 0.3) is 0 Å². The number of nitriles is 1. The van der Waals surface area contributed by atoms with E-state index >= 15 is 0 Å². The Labute approximate surface area is 127 Å². The number of nitrogens with zero attached hydrogens (tertiary/aromatic N) is 1. The van der Waals surface area contributed by atoms with Crippen molar-refractivity contribution >= 4 is 0 Å². The molecule has 5 nitrogen and oxygen atoms in total. The van der Waals surface area contributed by atoms with Crippen LogP contribution in [0.5, 0.6) is 17.2 Å². The van der Waals surface area contributed by atoms with E-state index in [1.807, 2.05) is 24.3 Å². The molecule has 0 amide bonds. The lowest BCUT2D eigenvalue weighted by Gasteiger charge is -2.27. The van der Waals surface area contributed by atoms with E-state index in [4.69, 9.17) is 15.2 Å². The van der Waals surface area contributed by atoms with Gasteiger partial charge in [0.1, 0.15) is 28.9 Å². The molecule has 2 aromatic rings. The Balaban J connectivity index is 2.26. The quantitative estimate of drug-likeness (QED) is 0.888. The minimum atomic E-state index is -0.398. The molecule has 0 fully saturated rings. The highest BCUT2D eigenvalue weighted by Crippen LogP contribution is 2.45. The lowest BCUT2D eigenvalue weighted by atomic mass is 9.83. The van der Waals surface area contributed by atoms with Crippen molar-refractivity contribution in [2.24, 2.45) is 5.73 Å². The molecule has 3 N–H and O–H groups in total. The smallest absolute Gasteiger partial charge is 0.205 e. The zero-order chi connectivity index (χ0) is 15.7. The Morgan fingerprint density at radius 1 is 1.23 bits per heavy atom. The predicted octanol–water partition coefficient (Wildman–Crippen LogP) is 2.62. The highest BCUT2D eigenvalue weighted by Gasteiger charge is 2.32. The first-order valence-electron chi connectivity index (χ1n) is 6.69. The molecule has 0 radical (unpaired) electrons. The molecule has 1 heterocycles. The monoisotopic (exact) mass is 294 g/mol. The van der Waals surface area contributed by atoms with Crippen LogP contribution in [-0.2, 0) is 0 Å². The maximum atomic E-state index is 9.63. The molecule has 5 heteroatoms. The Morgan fingerprint density at radius 2 is 2.00 bits per heavy atom. The zero-order valence-electron chi connectivity index (χ0n) is 11.9. The predicted molar refractivity (Wildman–Crippen MR) is 80.4 cm³/mol. The number of hydrogen-bond donors (Lipinski definition) is 2. The van der Waals surface area contributed by atoms with Gasteiger partial charge in [-0.2, -0.15) is 5.26 Å². The number of phenols is 1. The van der Waals surface area contributed by atoms with Crippen LogP contribution in [0.4, 0.5) is 0 Å². The lowest BCUT2D eigenvalue weighted by Crippen LogP contribution is -2.21. The second kappa shape index (κ2) is 5.34. The summed E-state index contributed by atoms with van der Waals surface area (Å²) in [6.45, 7) is 0. The lowest BCUT2D eigenvalue weighted by molar-refractivity contribution is 0.383. The Bertz CT molecular complexity index is 806. The number of aromatic hydroxyl groups is 1. The van der Waals surface area contributed by atoms with Gasteiger partial charge < -0.3 is 20.3 Å². The number of nitrogens with two attached hydrogens (primary N) is 1. The largest absolute Gasteiger partial charge is 0.508 e. The first kappa shape index (κ1) is 13.8. The summed E-state index contributed by atoms with van der Waals surface area (Å²) in [4.78, 5) is 0. The number of rotatable bonds is 2. The third kappa shape index (κ3) is 2.11. The van der Waals surface area contributed by atoms with Crippen LogP contribution in [0.3, 0.4) is 0 Å². The van der Waals surface area contributed by atoms with E-state index in [0.717, 1.165) is 11.1 Å². The molecular formula is C17H14N2O3. The van der Waals surface area contributed by atoms with Gasteiger partial charge in [-0.05, 0) is 12.1 Å². The summed E-state index contributed by atoms with van der Waals surface area (Å²) in [5.41, 5.74) is 7.78. The van der Waals surface area contributed by atoms with Gasteiger partial charge in [0, 0.05) is 17.2 Å². The molecule has 2 aromatic carbocycles. The van der Waals surface area contributed by atoms with Crippen LogP contribution in [0, 0.1) is 11.3 Å². The molecule has 0 unspecified atom stereocenters. The van der Waals surface area contributed by atoms with Crippen molar-refractivity contribution in [2.75, 3.05) is 7.11 Å². The van der Waals surface area contributed by atoms with E-state index in [2.05, 4.69) is 6.07 Å². The molecule has 0 spiro atoms. The molecule has 0 saturated heterocycles. The number of fused-ring (bicyclic) bond motifs is 1. The number of phenolic OH excluding ortho intramolecular Hbond substituents is 1. The van der Waals surface area contributed by atoms with Crippen molar-refractivity contribution in [1.82, 2.24) is 0 Å². The fourth-order valence-electron chi connectivity index (χ4n) is 2.67. The van der Waals surface area contributed by atoms with E-state index in [0.29, 0.717) is 17.1 Å². The molecule has 22 heavy (non-hydrogen) atoms. The molecule has 1 aliphatic heterocycles. The molecule has 0 aromatic heterocycles.